The molecule has 2 rings (SSSR count). The van der Waals surface area contributed by atoms with Crippen LogP contribution in [0, 0.1) is 0 Å². The summed E-state index contributed by atoms with van der Waals surface area (Å²) in [5, 5.41) is 87.0. The zero-order valence-corrected chi connectivity index (χ0v) is 41.8. The maximum Gasteiger partial charge on any atom is 0.220 e. The van der Waals surface area contributed by atoms with Gasteiger partial charge in [-0.2, -0.15) is 0 Å². The zero-order chi connectivity index (χ0) is 49.6. The molecular weight excluding hydrogens is 871 g/mol. The first-order valence-corrected chi connectivity index (χ1v) is 26.5. The summed E-state index contributed by atoms with van der Waals surface area (Å²) in [5.41, 5.74) is 0. The molecule has 0 aromatic rings. The maximum atomic E-state index is 13.2. The Balaban J connectivity index is 1.85. The number of ether oxygens (including phenoxy) is 4. The Bertz CT molecular complexity index is 1370. The first-order valence-electron chi connectivity index (χ1n) is 26.5. The van der Waals surface area contributed by atoms with Gasteiger partial charge in [0, 0.05) is 6.42 Å². The van der Waals surface area contributed by atoms with Crippen LogP contribution in [0.25, 0.3) is 0 Å². The van der Waals surface area contributed by atoms with Crippen LogP contribution in [-0.4, -0.2) is 140 Å². The zero-order valence-electron chi connectivity index (χ0n) is 41.8. The van der Waals surface area contributed by atoms with Gasteiger partial charge in [-0.05, 0) is 51.4 Å². The molecule has 14 heteroatoms. The number of aliphatic hydroxyl groups excluding tert-OH is 8. The third-order valence-electron chi connectivity index (χ3n) is 12.7. The second-order valence-corrected chi connectivity index (χ2v) is 18.6. The van der Waals surface area contributed by atoms with Gasteiger partial charge in [-0.15, -0.1) is 0 Å². The number of unbranched alkanes of at least 4 members (excludes halogenated alkanes) is 17. The molecule has 0 aliphatic carbocycles. The van der Waals surface area contributed by atoms with Crippen LogP contribution in [-0.2, 0) is 23.7 Å². The van der Waals surface area contributed by atoms with Crippen molar-refractivity contribution < 1.29 is 64.6 Å². The Morgan fingerprint density at radius 2 is 1.00 bits per heavy atom. The number of carbonyl (C=O) groups excluding carboxylic acids is 1. The molecule has 2 aliphatic rings. The molecule has 2 aliphatic heterocycles. The normalized spacial score (nSPS) is 26.9. The first kappa shape index (κ1) is 61.8. The summed E-state index contributed by atoms with van der Waals surface area (Å²) in [5.74, 6) is -0.265. The summed E-state index contributed by atoms with van der Waals surface area (Å²) in [7, 11) is 0. The lowest BCUT2D eigenvalue weighted by atomic mass is 9.97. The molecule has 2 fully saturated rings. The Morgan fingerprint density at radius 3 is 1.50 bits per heavy atom. The lowest BCUT2D eigenvalue weighted by Crippen LogP contribution is -2.65. The minimum absolute atomic E-state index is 0.224. The molecule has 1 amide bonds. The van der Waals surface area contributed by atoms with E-state index in [-0.39, 0.29) is 18.9 Å². The molecule has 0 aromatic heterocycles. The van der Waals surface area contributed by atoms with Gasteiger partial charge in [0.2, 0.25) is 5.91 Å². The van der Waals surface area contributed by atoms with E-state index in [2.05, 4.69) is 79.9 Å². The monoisotopic (exact) mass is 966 g/mol. The molecule has 0 radical (unpaired) electrons. The fourth-order valence-corrected chi connectivity index (χ4v) is 8.45. The molecule has 2 saturated heterocycles. The lowest BCUT2D eigenvalue weighted by Gasteiger charge is -2.46. The second-order valence-electron chi connectivity index (χ2n) is 18.6. The Kier molecular flexibility index (Phi) is 36.6. The molecule has 0 saturated carbocycles. The minimum atomic E-state index is -1.79. The lowest BCUT2D eigenvalue weighted by molar-refractivity contribution is -0.359. The molecule has 0 spiro atoms. The van der Waals surface area contributed by atoms with Crippen LogP contribution < -0.4 is 5.32 Å². The quantitative estimate of drug-likeness (QED) is 0.0215. The summed E-state index contributed by atoms with van der Waals surface area (Å²) in [6.07, 6.45) is 32.2. The summed E-state index contributed by atoms with van der Waals surface area (Å²) in [6.45, 7) is 2.69. The highest BCUT2D eigenvalue weighted by Gasteiger charge is 2.51. The number of carbonyl (C=O) groups is 1. The van der Waals surface area contributed by atoms with Crippen molar-refractivity contribution in [2.45, 2.75) is 254 Å². The average Bonchev–Trinajstić information content (AvgIpc) is 3.34. The second kappa shape index (κ2) is 40.3. The smallest absolute Gasteiger partial charge is 0.220 e. The molecular formula is C54H95NO13. The average molecular weight is 966 g/mol. The molecule has 0 aromatic carbocycles. The van der Waals surface area contributed by atoms with Crippen molar-refractivity contribution in [2.75, 3.05) is 19.8 Å². The van der Waals surface area contributed by atoms with Crippen molar-refractivity contribution >= 4 is 5.91 Å². The van der Waals surface area contributed by atoms with E-state index < -0.39 is 86.8 Å². The molecule has 2 heterocycles. The summed E-state index contributed by atoms with van der Waals surface area (Å²) < 4.78 is 22.7. The van der Waals surface area contributed by atoms with Gasteiger partial charge >= 0.3 is 0 Å². The van der Waals surface area contributed by atoms with E-state index in [9.17, 15) is 45.6 Å². The van der Waals surface area contributed by atoms with Gasteiger partial charge in [-0.3, -0.25) is 4.79 Å². The third-order valence-corrected chi connectivity index (χ3v) is 12.7. The van der Waals surface area contributed by atoms with Crippen LogP contribution in [0.3, 0.4) is 0 Å². The molecule has 9 N–H and O–H groups in total. The van der Waals surface area contributed by atoms with E-state index in [0.29, 0.717) is 19.3 Å². The van der Waals surface area contributed by atoms with E-state index in [0.717, 1.165) is 57.8 Å². The van der Waals surface area contributed by atoms with Crippen LogP contribution in [0.5, 0.6) is 0 Å². The molecule has 12 atom stereocenters. The topological polar surface area (TPSA) is 228 Å². The first-order chi connectivity index (χ1) is 33.1. The number of aliphatic hydroxyl groups is 8. The van der Waals surface area contributed by atoms with Crippen LogP contribution >= 0.6 is 0 Å². The third kappa shape index (κ3) is 26.8. The highest BCUT2D eigenvalue weighted by atomic mass is 16.7. The van der Waals surface area contributed by atoms with Crippen molar-refractivity contribution in [3.05, 3.63) is 60.8 Å². The van der Waals surface area contributed by atoms with E-state index in [1.165, 1.54) is 83.5 Å². The van der Waals surface area contributed by atoms with Crippen molar-refractivity contribution in [3.63, 3.8) is 0 Å². The number of amides is 1. The molecule has 68 heavy (non-hydrogen) atoms. The van der Waals surface area contributed by atoms with E-state index in [1.54, 1.807) is 0 Å². The van der Waals surface area contributed by atoms with Crippen molar-refractivity contribution in [1.82, 2.24) is 5.32 Å². The SMILES string of the molecule is CC/C=C\C/C=C\C/C=C\C/C=C\C/C=C\CCCC(=O)NC(COC1OC(CO)C(OC2OC(CO)C(O)C(O)C2O)C(O)C1O)C(O)CCCCCCCCCCCCCCCCCCC. The van der Waals surface area contributed by atoms with Crippen molar-refractivity contribution in [1.29, 1.82) is 0 Å². The molecule has 12 unspecified atom stereocenters. The summed E-state index contributed by atoms with van der Waals surface area (Å²) >= 11 is 0. The van der Waals surface area contributed by atoms with Crippen LogP contribution in [0.15, 0.2) is 60.8 Å². The van der Waals surface area contributed by atoms with E-state index in [4.69, 9.17) is 18.9 Å². The highest BCUT2D eigenvalue weighted by Crippen LogP contribution is 2.30. The predicted molar refractivity (Wildman–Crippen MR) is 267 cm³/mol. The molecule has 394 valence electrons. The van der Waals surface area contributed by atoms with Gasteiger partial charge in [0.25, 0.3) is 0 Å². The van der Waals surface area contributed by atoms with Gasteiger partial charge in [-0.1, -0.05) is 184 Å². The van der Waals surface area contributed by atoms with Gasteiger partial charge < -0.3 is 65.1 Å². The Morgan fingerprint density at radius 1 is 0.544 bits per heavy atom. The highest BCUT2D eigenvalue weighted by molar-refractivity contribution is 5.76. The fourth-order valence-electron chi connectivity index (χ4n) is 8.45. The number of hydrogen-bond donors (Lipinski definition) is 9. The van der Waals surface area contributed by atoms with Crippen molar-refractivity contribution in [3.8, 4) is 0 Å². The van der Waals surface area contributed by atoms with Crippen LogP contribution in [0.1, 0.15) is 181 Å². The summed E-state index contributed by atoms with van der Waals surface area (Å²) in [4.78, 5) is 13.2. The Labute approximate surface area is 409 Å². The number of allylic oxidation sites excluding steroid dienone is 10. The number of hydrogen-bond acceptors (Lipinski definition) is 13. The molecule has 0 bridgehead atoms. The largest absolute Gasteiger partial charge is 0.394 e. The van der Waals surface area contributed by atoms with Crippen LogP contribution in [0.2, 0.25) is 0 Å². The maximum absolute atomic E-state index is 13.2. The van der Waals surface area contributed by atoms with Gasteiger partial charge in [0.05, 0.1) is 32.0 Å². The van der Waals surface area contributed by atoms with E-state index >= 15 is 0 Å². The Hall–Kier alpha value is -2.31. The van der Waals surface area contributed by atoms with Crippen molar-refractivity contribution in [2.24, 2.45) is 0 Å². The summed E-state index contributed by atoms with van der Waals surface area (Å²) in [6, 6.07) is -0.860. The van der Waals surface area contributed by atoms with Crippen LogP contribution in [0.4, 0.5) is 0 Å². The number of nitrogens with one attached hydrogen (secondary N) is 1. The molecule has 14 nitrogen and oxygen atoms in total. The minimum Gasteiger partial charge on any atom is -0.394 e. The number of rotatable bonds is 40. The van der Waals surface area contributed by atoms with Gasteiger partial charge in [0.15, 0.2) is 12.6 Å². The fraction of sp³-hybridized carbons (Fsp3) is 0.796. The standard InChI is InChI=1S/C54H95NO13/c1-3-5-7-9-11-13-15-17-19-21-23-25-27-29-31-33-35-37-43(58)42(55-46(59)38-36-34-32-30-28-26-24-22-20-18-16-14-12-10-8-6-4-2)41-65-53-51(64)49(62)52(45(40-57)67-53)68-54-50(63)48(61)47(60)44(39-56)66-54/h6,8,12,14,18,20,24,26,30,32,42-45,47-54,56-58,60-64H,3-5,7,9-11,13,15-17,19,21-23,25,27-29,31,33-41H2,1-2H3,(H,55,59)/b8-6-,14-12-,20-18-,26-24-,32-30-. The van der Waals surface area contributed by atoms with E-state index in [1.807, 2.05) is 0 Å². The predicted octanol–water partition coefficient (Wildman–Crippen LogP) is 7.44. The van der Waals surface area contributed by atoms with Gasteiger partial charge in [-0.25, -0.2) is 0 Å². The van der Waals surface area contributed by atoms with Gasteiger partial charge in [0.1, 0.15) is 48.8 Å².